The van der Waals surface area contributed by atoms with E-state index in [0.29, 0.717) is 11.4 Å². The molecule has 0 saturated heterocycles. The Hall–Kier alpha value is -0.770. The van der Waals surface area contributed by atoms with Gasteiger partial charge >= 0.3 is 0 Å². The van der Waals surface area contributed by atoms with Crippen LogP contribution in [-0.4, -0.2) is 30.0 Å². The highest BCUT2D eigenvalue weighted by atomic mass is 35.5. The van der Waals surface area contributed by atoms with Crippen LogP contribution in [0.3, 0.4) is 0 Å². The molecule has 2 N–H and O–H groups in total. The van der Waals surface area contributed by atoms with Crippen LogP contribution in [0.15, 0.2) is 6.07 Å². The van der Waals surface area contributed by atoms with Gasteiger partial charge in [0.25, 0.3) is 0 Å². The fourth-order valence-corrected chi connectivity index (χ4v) is 2.79. The third-order valence-electron chi connectivity index (χ3n) is 3.58. The molecule has 0 amide bonds. The predicted molar refractivity (Wildman–Crippen MR) is 78.2 cm³/mol. The summed E-state index contributed by atoms with van der Waals surface area (Å²) < 4.78 is 5.51. The number of halogens is 1. The molecule has 0 heterocycles. The number of aliphatic hydroxyl groups is 2. The van der Waals surface area contributed by atoms with E-state index in [4.69, 9.17) is 21.4 Å². The van der Waals surface area contributed by atoms with Crippen molar-refractivity contribution in [1.82, 2.24) is 0 Å². The van der Waals surface area contributed by atoms with E-state index in [-0.39, 0.29) is 12.5 Å². The van der Waals surface area contributed by atoms with Gasteiger partial charge in [-0.3, -0.25) is 0 Å². The first-order chi connectivity index (χ1) is 8.96. The lowest BCUT2D eigenvalue weighted by Crippen LogP contribution is -2.17. The van der Waals surface area contributed by atoms with Crippen molar-refractivity contribution < 1.29 is 14.9 Å². The highest BCUT2D eigenvalue weighted by molar-refractivity contribution is 6.31. The van der Waals surface area contributed by atoms with Crippen molar-refractivity contribution >= 4 is 11.6 Å². The van der Waals surface area contributed by atoms with E-state index >= 15 is 0 Å². The van der Waals surface area contributed by atoms with Crippen molar-refractivity contribution in [3.8, 4) is 5.75 Å². The van der Waals surface area contributed by atoms with Gasteiger partial charge in [-0.05, 0) is 49.8 Å². The molecule has 0 aliphatic carbocycles. The van der Waals surface area contributed by atoms with Gasteiger partial charge in [-0.15, -0.1) is 0 Å². The minimum atomic E-state index is -0.714. The summed E-state index contributed by atoms with van der Waals surface area (Å²) in [5.74, 6) is 0.952. The molecule has 0 aromatic heterocycles. The van der Waals surface area contributed by atoms with Gasteiger partial charge in [0, 0.05) is 10.6 Å². The zero-order chi connectivity index (χ0) is 14.6. The molecule has 1 rings (SSSR count). The van der Waals surface area contributed by atoms with Crippen molar-refractivity contribution in [3.05, 3.63) is 27.8 Å². The molecule has 2 unspecified atom stereocenters. The number of rotatable bonds is 6. The van der Waals surface area contributed by atoms with E-state index in [0.717, 1.165) is 28.9 Å². The molecule has 1 aromatic carbocycles. The Kier molecular flexibility index (Phi) is 6.11. The van der Waals surface area contributed by atoms with Gasteiger partial charge in [0.2, 0.25) is 0 Å². The quantitative estimate of drug-likeness (QED) is 0.844. The van der Waals surface area contributed by atoms with Crippen molar-refractivity contribution in [2.45, 2.75) is 45.6 Å². The van der Waals surface area contributed by atoms with E-state index in [1.165, 1.54) is 0 Å². The summed E-state index contributed by atoms with van der Waals surface area (Å²) in [6.45, 7) is 5.76. The maximum Gasteiger partial charge on any atom is 0.125 e. The SMILES string of the molecule is CCC(CC(O)CO)c1c(C)c(Cl)cc(C)c1OC. The van der Waals surface area contributed by atoms with Crippen molar-refractivity contribution in [1.29, 1.82) is 0 Å². The largest absolute Gasteiger partial charge is 0.496 e. The number of benzene rings is 1. The first-order valence-electron chi connectivity index (χ1n) is 6.58. The maximum absolute atomic E-state index is 9.69. The second-order valence-corrected chi connectivity index (χ2v) is 5.33. The topological polar surface area (TPSA) is 49.7 Å². The Morgan fingerprint density at radius 2 is 2.00 bits per heavy atom. The lowest BCUT2D eigenvalue weighted by Gasteiger charge is -2.24. The average molecular weight is 287 g/mol. The van der Waals surface area contributed by atoms with Gasteiger partial charge in [-0.1, -0.05) is 18.5 Å². The van der Waals surface area contributed by atoms with Crippen LogP contribution in [-0.2, 0) is 0 Å². The van der Waals surface area contributed by atoms with Crippen LogP contribution in [0, 0.1) is 13.8 Å². The molecule has 108 valence electrons. The average Bonchev–Trinajstić information content (AvgIpc) is 2.39. The second-order valence-electron chi connectivity index (χ2n) is 4.92. The third kappa shape index (κ3) is 3.62. The number of aliphatic hydroxyl groups excluding tert-OH is 2. The van der Waals surface area contributed by atoms with E-state index < -0.39 is 6.10 Å². The van der Waals surface area contributed by atoms with Crippen LogP contribution in [0.4, 0.5) is 0 Å². The van der Waals surface area contributed by atoms with Crippen molar-refractivity contribution in [2.24, 2.45) is 0 Å². The minimum absolute atomic E-state index is 0.120. The van der Waals surface area contributed by atoms with Crippen molar-refractivity contribution in [2.75, 3.05) is 13.7 Å². The van der Waals surface area contributed by atoms with Crippen LogP contribution in [0.5, 0.6) is 5.75 Å². The van der Waals surface area contributed by atoms with Gasteiger partial charge in [-0.2, -0.15) is 0 Å². The second kappa shape index (κ2) is 7.13. The summed E-state index contributed by atoms with van der Waals surface area (Å²) in [4.78, 5) is 0. The maximum atomic E-state index is 9.69. The third-order valence-corrected chi connectivity index (χ3v) is 3.97. The molecule has 4 heteroatoms. The lowest BCUT2D eigenvalue weighted by molar-refractivity contribution is 0.0815. The van der Waals surface area contributed by atoms with Crippen LogP contribution in [0.25, 0.3) is 0 Å². The van der Waals surface area contributed by atoms with E-state index in [1.54, 1.807) is 7.11 Å². The molecule has 0 aliphatic rings. The van der Waals surface area contributed by atoms with E-state index in [2.05, 4.69) is 6.92 Å². The van der Waals surface area contributed by atoms with Gasteiger partial charge in [0.1, 0.15) is 5.75 Å². The van der Waals surface area contributed by atoms with Gasteiger partial charge in [-0.25, -0.2) is 0 Å². The monoisotopic (exact) mass is 286 g/mol. The molecule has 0 spiro atoms. The smallest absolute Gasteiger partial charge is 0.125 e. The Balaban J connectivity index is 3.28. The molecular formula is C15H23ClO3. The zero-order valence-electron chi connectivity index (χ0n) is 12.0. The number of ether oxygens (including phenoxy) is 1. The van der Waals surface area contributed by atoms with Crippen LogP contribution in [0.1, 0.15) is 42.4 Å². The number of aryl methyl sites for hydroxylation is 1. The Morgan fingerprint density at radius 1 is 1.37 bits per heavy atom. The van der Waals surface area contributed by atoms with E-state index in [9.17, 15) is 5.11 Å². The normalized spacial score (nSPS) is 14.3. The molecule has 3 nitrogen and oxygen atoms in total. The molecule has 0 aliphatic heterocycles. The summed E-state index contributed by atoms with van der Waals surface area (Å²) >= 11 is 6.25. The number of hydrogen-bond donors (Lipinski definition) is 2. The van der Waals surface area contributed by atoms with Crippen molar-refractivity contribution in [3.63, 3.8) is 0 Å². The zero-order valence-corrected chi connectivity index (χ0v) is 12.8. The van der Waals surface area contributed by atoms with Gasteiger partial charge in [0.05, 0.1) is 19.8 Å². The highest BCUT2D eigenvalue weighted by Crippen LogP contribution is 2.40. The van der Waals surface area contributed by atoms with Crippen LogP contribution < -0.4 is 4.74 Å². The highest BCUT2D eigenvalue weighted by Gasteiger charge is 2.23. The molecule has 0 bridgehead atoms. The van der Waals surface area contributed by atoms with Crippen LogP contribution in [0.2, 0.25) is 5.02 Å². The number of methoxy groups -OCH3 is 1. The first-order valence-corrected chi connectivity index (χ1v) is 6.96. The standard InChI is InChI=1S/C15H23ClO3/c1-5-11(7-12(18)8-17)14-10(3)13(16)6-9(2)15(14)19-4/h6,11-12,17-18H,5,7-8H2,1-4H3. The lowest BCUT2D eigenvalue weighted by atomic mass is 9.86. The predicted octanol–water partition coefficient (Wildman–Crippen LogP) is 3.20. The molecule has 0 radical (unpaired) electrons. The summed E-state index contributed by atoms with van der Waals surface area (Å²) in [5.41, 5.74) is 3.02. The Bertz CT molecular complexity index is 432. The van der Waals surface area contributed by atoms with Crippen LogP contribution >= 0.6 is 11.6 Å². The summed E-state index contributed by atoms with van der Waals surface area (Å²) in [7, 11) is 1.65. The molecule has 0 fully saturated rings. The molecule has 2 atom stereocenters. The Morgan fingerprint density at radius 3 is 2.47 bits per heavy atom. The number of hydrogen-bond acceptors (Lipinski definition) is 3. The van der Waals surface area contributed by atoms with E-state index in [1.807, 2.05) is 19.9 Å². The van der Waals surface area contributed by atoms with Gasteiger partial charge < -0.3 is 14.9 Å². The summed E-state index contributed by atoms with van der Waals surface area (Å²) in [5, 5.41) is 19.4. The summed E-state index contributed by atoms with van der Waals surface area (Å²) in [6, 6.07) is 1.90. The fraction of sp³-hybridized carbons (Fsp3) is 0.600. The first kappa shape index (κ1) is 16.3. The molecule has 0 saturated carbocycles. The molecule has 19 heavy (non-hydrogen) atoms. The minimum Gasteiger partial charge on any atom is -0.496 e. The molecule has 1 aromatic rings. The Labute approximate surface area is 120 Å². The summed E-state index contributed by atoms with van der Waals surface area (Å²) in [6.07, 6.45) is 0.645. The fourth-order valence-electron chi connectivity index (χ4n) is 2.53. The molecular weight excluding hydrogens is 264 g/mol. The van der Waals surface area contributed by atoms with Gasteiger partial charge in [0.15, 0.2) is 0 Å².